The van der Waals surface area contributed by atoms with Crippen molar-refractivity contribution in [3.05, 3.63) is 9.98 Å². The van der Waals surface area contributed by atoms with E-state index in [-0.39, 0.29) is 0 Å². The van der Waals surface area contributed by atoms with E-state index >= 15 is 0 Å². The highest BCUT2D eigenvalue weighted by Gasteiger charge is 2.04. The molecule has 0 amide bonds. The Balaban J connectivity index is 2.73. The van der Waals surface area contributed by atoms with Gasteiger partial charge in [0.1, 0.15) is 0 Å². The first-order valence-corrected chi connectivity index (χ1v) is 5.25. The lowest BCUT2D eigenvalue weighted by Gasteiger charge is -2.16. The lowest BCUT2D eigenvalue weighted by molar-refractivity contribution is 0.860. The third kappa shape index (κ3) is 2.17. The average Bonchev–Trinajstić information content (AvgIpc) is 2.39. The van der Waals surface area contributed by atoms with Gasteiger partial charge in [-0.25, -0.2) is 4.98 Å². The van der Waals surface area contributed by atoms with Gasteiger partial charge in [0, 0.05) is 13.1 Å². The second kappa shape index (κ2) is 4.07. The van der Waals surface area contributed by atoms with E-state index in [2.05, 4.69) is 39.7 Å². The van der Waals surface area contributed by atoms with E-state index in [0.29, 0.717) is 0 Å². The fourth-order valence-electron chi connectivity index (χ4n) is 0.886. The van der Waals surface area contributed by atoms with Gasteiger partial charge in [-0.3, -0.25) is 0 Å². The Morgan fingerprint density at radius 1 is 1.55 bits per heavy atom. The molecule has 1 heterocycles. The number of aromatic nitrogens is 1. The molecule has 0 saturated carbocycles. The third-order valence-corrected chi connectivity index (χ3v) is 3.04. The van der Waals surface area contributed by atoms with Crippen molar-refractivity contribution < 1.29 is 0 Å². The summed E-state index contributed by atoms with van der Waals surface area (Å²) in [6.07, 6.45) is 1.85. The molecule has 2 nitrogen and oxygen atoms in total. The first kappa shape index (κ1) is 9.00. The zero-order valence-corrected chi connectivity index (χ0v) is 9.07. The van der Waals surface area contributed by atoms with Gasteiger partial charge in [-0.15, -0.1) is 0 Å². The monoisotopic (exact) mass is 234 g/mol. The maximum Gasteiger partial charge on any atom is 0.186 e. The Labute approximate surface area is 79.4 Å². The fraction of sp³-hybridized carbons (Fsp3) is 0.571. The topological polar surface area (TPSA) is 16.1 Å². The number of hydrogen-bond acceptors (Lipinski definition) is 3. The Hall–Kier alpha value is -0.0900. The number of thiazole rings is 1. The van der Waals surface area contributed by atoms with Crippen LogP contribution in [0, 0.1) is 0 Å². The molecule has 0 aliphatic heterocycles. The first-order chi connectivity index (χ1) is 5.27. The predicted molar refractivity (Wildman–Crippen MR) is 53.4 cm³/mol. The van der Waals surface area contributed by atoms with Crippen molar-refractivity contribution in [1.29, 1.82) is 0 Å². The second-order valence-corrected chi connectivity index (χ2v) is 4.51. The number of rotatable bonds is 3. The van der Waals surface area contributed by atoms with Gasteiger partial charge in [0.05, 0.1) is 9.98 Å². The molecule has 11 heavy (non-hydrogen) atoms. The molecule has 1 aromatic rings. The summed E-state index contributed by atoms with van der Waals surface area (Å²) in [6, 6.07) is 0. The molecule has 1 aromatic heterocycles. The minimum absolute atomic E-state index is 1.02. The quantitative estimate of drug-likeness (QED) is 0.800. The lowest BCUT2D eigenvalue weighted by Crippen LogP contribution is -2.21. The molecule has 0 unspecified atom stereocenters. The second-order valence-electron chi connectivity index (χ2n) is 2.12. The molecule has 0 atom stereocenters. The normalized spacial score (nSPS) is 10.1. The summed E-state index contributed by atoms with van der Waals surface area (Å²) in [6.45, 7) is 6.32. The summed E-state index contributed by atoms with van der Waals surface area (Å²) < 4.78 is 1.10. The van der Waals surface area contributed by atoms with Gasteiger partial charge < -0.3 is 4.90 Å². The molecule has 0 saturated heterocycles. The molecule has 0 bridgehead atoms. The van der Waals surface area contributed by atoms with Gasteiger partial charge in [0.15, 0.2) is 5.13 Å². The SMILES string of the molecule is CCN(CC)c1ncc(Br)s1. The Morgan fingerprint density at radius 3 is 2.55 bits per heavy atom. The number of anilines is 1. The molecule has 4 heteroatoms. The Morgan fingerprint density at radius 2 is 2.18 bits per heavy atom. The van der Waals surface area contributed by atoms with Crippen LogP contribution in [-0.4, -0.2) is 18.1 Å². The van der Waals surface area contributed by atoms with Crippen molar-refractivity contribution in [3.63, 3.8) is 0 Å². The average molecular weight is 235 g/mol. The Bertz CT molecular complexity index is 220. The summed E-state index contributed by atoms with van der Waals surface area (Å²) in [5, 5.41) is 1.10. The van der Waals surface area contributed by atoms with E-state index in [1.165, 1.54) is 0 Å². The molecule has 1 rings (SSSR count). The minimum atomic E-state index is 1.02. The molecular formula is C7H11BrN2S. The summed E-state index contributed by atoms with van der Waals surface area (Å²) in [4.78, 5) is 6.49. The van der Waals surface area contributed by atoms with Crippen LogP contribution in [-0.2, 0) is 0 Å². The maximum atomic E-state index is 4.26. The molecule has 0 aromatic carbocycles. The van der Waals surface area contributed by atoms with E-state index in [0.717, 1.165) is 22.0 Å². The largest absolute Gasteiger partial charge is 0.349 e. The van der Waals surface area contributed by atoms with Gasteiger partial charge >= 0.3 is 0 Å². The molecule has 0 aliphatic rings. The summed E-state index contributed by atoms with van der Waals surface area (Å²) in [5.74, 6) is 0. The highest BCUT2D eigenvalue weighted by molar-refractivity contribution is 9.11. The third-order valence-electron chi connectivity index (χ3n) is 1.50. The van der Waals surface area contributed by atoms with Gasteiger partial charge in [0.2, 0.25) is 0 Å². The number of nitrogens with zero attached hydrogens (tertiary/aromatic N) is 2. The standard InChI is InChI=1S/C7H11BrN2S/c1-3-10(4-2)7-9-5-6(8)11-7/h5H,3-4H2,1-2H3. The van der Waals surface area contributed by atoms with Gasteiger partial charge in [-0.2, -0.15) is 0 Å². The van der Waals surface area contributed by atoms with E-state index in [4.69, 9.17) is 0 Å². The van der Waals surface area contributed by atoms with Crippen LogP contribution in [0.15, 0.2) is 9.98 Å². The van der Waals surface area contributed by atoms with Gasteiger partial charge in [-0.05, 0) is 29.8 Å². The number of halogens is 1. The first-order valence-electron chi connectivity index (χ1n) is 3.64. The smallest absolute Gasteiger partial charge is 0.186 e. The highest BCUT2D eigenvalue weighted by Crippen LogP contribution is 2.25. The molecular weight excluding hydrogens is 224 g/mol. The van der Waals surface area contributed by atoms with Crippen LogP contribution in [0.25, 0.3) is 0 Å². The predicted octanol–water partition coefficient (Wildman–Crippen LogP) is 2.75. The van der Waals surface area contributed by atoms with Crippen molar-refractivity contribution in [2.75, 3.05) is 18.0 Å². The van der Waals surface area contributed by atoms with Crippen LogP contribution in [0.5, 0.6) is 0 Å². The zero-order valence-electron chi connectivity index (χ0n) is 6.67. The van der Waals surface area contributed by atoms with Gasteiger partial charge in [0.25, 0.3) is 0 Å². The lowest BCUT2D eigenvalue weighted by atomic mass is 10.6. The minimum Gasteiger partial charge on any atom is -0.349 e. The summed E-state index contributed by atoms with van der Waals surface area (Å²) in [5.41, 5.74) is 0. The molecule has 0 fully saturated rings. The van der Waals surface area contributed by atoms with E-state index in [9.17, 15) is 0 Å². The zero-order chi connectivity index (χ0) is 8.27. The van der Waals surface area contributed by atoms with Crippen molar-refractivity contribution >= 4 is 32.4 Å². The molecule has 0 aliphatic carbocycles. The highest BCUT2D eigenvalue weighted by atomic mass is 79.9. The van der Waals surface area contributed by atoms with Crippen molar-refractivity contribution in [1.82, 2.24) is 4.98 Å². The Kier molecular flexibility index (Phi) is 3.33. The van der Waals surface area contributed by atoms with Crippen LogP contribution in [0.4, 0.5) is 5.13 Å². The van der Waals surface area contributed by atoms with E-state index < -0.39 is 0 Å². The molecule has 62 valence electrons. The molecule has 0 radical (unpaired) electrons. The van der Waals surface area contributed by atoms with Gasteiger partial charge in [-0.1, -0.05) is 11.3 Å². The van der Waals surface area contributed by atoms with E-state index in [1.54, 1.807) is 11.3 Å². The van der Waals surface area contributed by atoms with Crippen LogP contribution in [0.1, 0.15) is 13.8 Å². The summed E-state index contributed by atoms with van der Waals surface area (Å²) in [7, 11) is 0. The molecule has 0 N–H and O–H groups in total. The van der Waals surface area contributed by atoms with Crippen LogP contribution in [0.3, 0.4) is 0 Å². The fourth-order valence-corrected chi connectivity index (χ4v) is 2.20. The van der Waals surface area contributed by atoms with Crippen molar-refractivity contribution in [2.45, 2.75) is 13.8 Å². The van der Waals surface area contributed by atoms with Crippen molar-refractivity contribution in [3.8, 4) is 0 Å². The van der Waals surface area contributed by atoms with Crippen molar-refractivity contribution in [2.24, 2.45) is 0 Å². The van der Waals surface area contributed by atoms with E-state index in [1.807, 2.05) is 6.20 Å². The van der Waals surface area contributed by atoms with Crippen LogP contribution < -0.4 is 4.90 Å². The maximum absolute atomic E-state index is 4.26. The number of hydrogen-bond donors (Lipinski definition) is 0. The molecule has 0 spiro atoms. The van der Waals surface area contributed by atoms with Crippen LogP contribution >= 0.6 is 27.3 Å². The summed E-state index contributed by atoms with van der Waals surface area (Å²) >= 11 is 5.06. The van der Waals surface area contributed by atoms with Crippen LogP contribution in [0.2, 0.25) is 0 Å².